The van der Waals surface area contributed by atoms with Gasteiger partial charge in [-0.25, -0.2) is 0 Å². The van der Waals surface area contributed by atoms with Gasteiger partial charge in [0.2, 0.25) is 0 Å². The molecule has 3 aromatic rings. The Morgan fingerprint density at radius 3 is 2.08 bits per heavy atom. The highest BCUT2D eigenvalue weighted by molar-refractivity contribution is 5.77. The average molecular weight is 336 g/mol. The number of rotatable bonds is 3. The normalized spacial score (nSPS) is 11.6. The van der Waals surface area contributed by atoms with Gasteiger partial charge in [-0.1, -0.05) is 30.3 Å². The molecule has 2 N–H and O–H groups in total. The summed E-state index contributed by atoms with van der Waals surface area (Å²) in [6.45, 7) is -0.0665. The quantitative estimate of drug-likeness (QED) is 0.722. The van der Waals surface area contributed by atoms with E-state index >= 15 is 0 Å². The number of nitrogens with one attached hydrogen (secondary N) is 2. The Labute approximate surface area is 132 Å². The number of aromatic amines is 2. The lowest BCUT2D eigenvalue weighted by Crippen LogP contribution is -2.29. The van der Waals surface area contributed by atoms with Crippen molar-refractivity contribution in [2.75, 3.05) is 0 Å². The molecule has 3 rings (SSSR count). The van der Waals surface area contributed by atoms with Crippen LogP contribution in [0.4, 0.5) is 13.2 Å². The van der Waals surface area contributed by atoms with Crippen LogP contribution in [0.1, 0.15) is 11.1 Å². The number of aromatic nitrogens is 2. The molecule has 0 unspecified atom stereocenters. The zero-order chi connectivity index (χ0) is 17.3. The molecule has 124 valence electrons. The Balaban J connectivity index is 2.08. The summed E-state index contributed by atoms with van der Waals surface area (Å²) in [7, 11) is 0. The summed E-state index contributed by atoms with van der Waals surface area (Å²) in [6.07, 6.45) is -4.67. The average Bonchev–Trinajstić information content (AvgIpc) is 2.53. The smallest absolute Gasteiger partial charge is 0.420 e. The highest BCUT2D eigenvalue weighted by atomic mass is 19.4. The number of halogens is 3. The fraction of sp³-hybridized carbons (Fsp3) is 0.125. The third kappa shape index (κ3) is 3.17. The van der Waals surface area contributed by atoms with Crippen molar-refractivity contribution in [3.05, 3.63) is 74.3 Å². The highest BCUT2D eigenvalue weighted by Crippen LogP contribution is 2.38. The van der Waals surface area contributed by atoms with E-state index in [0.29, 0.717) is 5.56 Å². The van der Waals surface area contributed by atoms with Crippen molar-refractivity contribution in [3.8, 4) is 5.75 Å². The molecule has 24 heavy (non-hydrogen) atoms. The Bertz CT molecular complexity index is 991. The lowest BCUT2D eigenvalue weighted by atomic mass is 10.1. The number of alkyl halides is 3. The number of H-pyrrole nitrogens is 2. The molecule has 0 saturated carbocycles. The summed E-state index contributed by atoms with van der Waals surface area (Å²) in [5.41, 5.74) is -2.38. The van der Waals surface area contributed by atoms with Crippen LogP contribution in [0.3, 0.4) is 0 Å². The first kappa shape index (κ1) is 15.9. The van der Waals surface area contributed by atoms with E-state index in [0.717, 1.165) is 12.1 Å². The summed E-state index contributed by atoms with van der Waals surface area (Å²) >= 11 is 0. The van der Waals surface area contributed by atoms with Gasteiger partial charge in [-0.05, 0) is 11.6 Å². The maximum Gasteiger partial charge on any atom is 0.420 e. The second-order valence-electron chi connectivity index (χ2n) is 5.07. The Kier molecular flexibility index (Phi) is 3.88. The van der Waals surface area contributed by atoms with Crippen LogP contribution in [-0.2, 0) is 12.8 Å². The van der Waals surface area contributed by atoms with Crippen LogP contribution < -0.4 is 15.9 Å². The summed E-state index contributed by atoms with van der Waals surface area (Å²) < 4.78 is 45.0. The molecule has 2 aromatic carbocycles. The Morgan fingerprint density at radius 2 is 1.50 bits per heavy atom. The monoisotopic (exact) mass is 336 g/mol. The van der Waals surface area contributed by atoms with E-state index in [1.807, 2.05) is 0 Å². The molecule has 0 bridgehead atoms. The van der Waals surface area contributed by atoms with E-state index in [9.17, 15) is 22.8 Å². The summed E-state index contributed by atoms with van der Waals surface area (Å²) in [6, 6.07) is 10.5. The standard InChI is InChI=1S/C16H11F3N2O3/c17-16(18,19)10-6-11-12(21-15(23)14(22)20-11)7-13(10)24-8-9-4-2-1-3-5-9/h1-7H,8H2,(H,20,22)(H,21,23). The van der Waals surface area contributed by atoms with Gasteiger partial charge in [-0.2, -0.15) is 13.2 Å². The number of benzene rings is 2. The zero-order valence-electron chi connectivity index (χ0n) is 12.1. The van der Waals surface area contributed by atoms with E-state index in [1.165, 1.54) is 0 Å². The first-order chi connectivity index (χ1) is 11.3. The molecule has 0 radical (unpaired) electrons. The van der Waals surface area contributed by atoms with E-state index < -0.39 is 28.6 Å². The van der Waals surface area contributed by atoms with E-state index in [-0.39, 0.29) is 17.6 Å². The molecule has 0 amide bonds. The second kappa shape index (κ2) is 5.88. The summed E-state index contributed by atoms with van der Waals surface area (Å²) in [5.74, 6) is -0.429. The van der Waals surface area contributed by atoms with E-state index in [2.05, 4.69) is 9.97 Å². The van der Waals surface area contributed by atoms with Crippen molar-refractivity contribution < 1.29 is 17.9 Å². The fourth-order valence-electron chi connectivity index (χ4n) is 2.22. The number of hydrogen-bond acceptors (Lipinski definition) is 3. The largest absolute Gasteiger partial charge is 0.488 e. The minimum absolute atomic E-state index is 0.0515. The van der Waals surface area contributed by atoms with Crippen LogP contribution in [0.5, 0.6) is 5.75 Å². The maximum atomic E-state index is 13.2. The number of hydrogen-bond donors (Lipinski definition) is 2. The van der Waals surface area contributed by atoms with Crippen molar-refractivity contribution in [2.24, 2.45) is 0 Å². The molecule has 1 heterocycles. The lowest BCUT2D eigenvalue weighted by molar-refractivity contribution is -0.138. The molecule has 0 atom stereocenters. The van der Waals surface area contributed by atoms with Gasteiger partial charge >= 0.3 is 17.3 Å². The summed E-state index contributed by atoms with van der Waals surface area (Å²) in [5, 5.41) is 0. The van der Waals surface area contributed by atoms with Crippen LogP contribution in [0.2, 0.25) is 0 Å². The molecule has 0 spiro atoms. The van der Waals surface area contributed by atoms with Gasteiger partial charge in [-0.3, -0.25) is 9.59 Å². The van der Waals surface area contributed by atoms with Crippen molar-refractivity contribution in [3.63, 3.8) is 0 Å². The van der Waals surface area contributed by atoms with Gasteiger partial charge in [0.15, 0.2) is 0 Å². The molecule has 0 aliphatic rings. The van der Waals surface area contributed by atoms with Crippen molar-refractivity contribution >= 4 is 11.0 Å². The van der Waals surface area contributed by atoms with Crippen molar-refractivity contribution in [2.45, 2.75) is 12.8 Å². The first-order valence-corrected chi connectivity index (χ1v) is 6.89. The molecule has 0 saturated heterocycles. The van der Waals surface area contributed by atoms with Crippen LogP contribution in [0.25, 0.3) is 11.0 Å². The van der Waals surface area contributed by atoms with Crippen LogP contribution in [0.15, 0.2) is 52.1 Å². The molecular weight excluding hydrogens is 325 g/mol. The third-order valence-corrected chi connectivity index (χ3v) is 3.36. The summed E-state index contributed by atoms with van der Waals surface area (Å²) in [4.78, 5) is 27.0. The topological polar surface area (TPSA) is 75.0 Å². The molecular formula is C16H11F3N2O3. The maximum absolute atomic E-state index is 13.2. The number of ether oxygens (including phenoxy) is 1. The fourth-order valence-corrected chi connectivity index (χ4v) is 2.22. The number of fused-ring (bicyclic) bond motifs is 1. The van der Waals surface area contributed by atoms with E-state index in [1.54, 1.807) is 30.3 Å². The predicted molar refractivity (Wildman–Crippen MR) is 81.0 cm³/mol. The first-order valence-electron chi connectivity index (χ1n) is 6.89. The lowest BCUT2D eigenvalue weighted by Gasteiger charge is -2.15. The van der Waals surface area contributed by atoms with Crippen molar-refractivity contribution in [1.29, 1.82) is 0 Å². The van der Waals surface area contributed by atoms with Gasteiger partial charge in [-0.15, -0.1) is 0 Å². The highest BCUT2D eigenvalue weighted by Gasteiger charge is 2.35. The van der Waals surface area contributed by atoms with Gasteiger partial charge < -0.3 is 14.7 Å². The van der Waals surface area contributed by atoms with Crippen molar-refractivity contribution in [1.82, 2.24) is 9.97 Å². The predicted octanol–water partition coefficient (Wildman–Crippen LogP) is 2.81. The minimum Gasteiger partial charge on any atom is -0.488 e. The van der Waals surface area contributed by atoms with Gasteiger partial charge in [0, 0.05) is 6.07 Å². The van der Waals surface area contributed by atoms with Crippen LogP contribution in [0, 0.1) is 0 Å². The van der Waals surface area contributed by atoms with Crippen LogP contribution in [-0.4, -0.2) is 9.97 Å². The molecule has 0 aliphatic carbocycles. The second-order valence-corrected chi connectivity index (χ2v) is 5.07. The minimum atomic E-state index is -4.67. The third-order valence-electron chi connectivity index (χ3n) is 3.36. The molecule has 1 aromatic heterocycles. The van der Waals surface area contributed by atoms with E-state index in [4.69, 9.17) is 4.74 Å². The Hall–Kier alpha value is -3.03. The molecule has 5 nitrogen and oxygen atoms in total. The molecule has 8 heteroatoms. The SMILES string of the molecule is O=c1[nH]c2cc(OCc3ccccc3)c(C(F)(F)F)cc2[nH]c1=O. The Morgan fingerprint density at radius 1 is 0.917 bits per heavy atom. The molecule has 0 aliphatic heterocycles. The van der Waals surface area contributed by atoms with Gasteiger partial charge in [0.25, 0.3) is 0 Å². The van der Waals surface area contributed by atoms with Crippen LogP contribution >= 0.6 is 0 Å². The van der Waals surface area contributed by atoms with Gasteiger partial charge in [0.1, 0.15) is 12.4 Å². The van der Waals surface area contributed by atoms with Gasteiger partial charge in [0.05, 0.1) is 16.6 Å². The zero-order valence-corrected chi connectivity index (χ0v) is 12.1. The molecule has 0 fully saturated rings.